The van der Waals surface area contributed by atoms with E-state index in [0.29, 0.717) is 11.8 Å². The van der Waals surface area contributed by atoms with Crippen LogP contribution >= 0.6 is 0 Å². The minimum absolute atomic E-state index is 0. The molecule has 4 aromatic carbocycles. The molecule has 44 heavy (non-hydrogen) atoms. The molecule has 0 spiro atoms. The summed E-state index contributed by atoms with van der Waals surface area (Å²) >= 11 is 0. The third kappa shape index (κ3) is 6.41. The Hall–Kier alpha value is -2.54. The first-order valence-electron chi connectivity index (χ1n) is 16.0. The fourth-order valence-corrected chi connectivity index (χ4v) is 8.79. The molecule has 0 saturated carbocycles. The molecule has 2 aliphatic carbocycles. The van der Waals surface area contributed by atoms with Gasteiger partial charge in [0.25, 0.3) is 0 Å². The Bertz CT molecular complexity index is 1580. The summed E-state index contributed by atoms with van der Waals surface area (Å²) in [5.74, 6) is 1.06. The molecule has 0 heterocycles. The summed E-state index contributed by atoms with van der Waals surface area (Å²) in [5, 5.41) is 0. The van der Waals surface area contributed by atoms with Gasteiger partial charge in [-0.15, -0.1) is 0 Å². The molecule has 4 aromatic rings. The topological polar surface area (TPSA) is 0 Å². The fourth-order valence-electron chi connectivity index (χ4n) is 6.96. The van der Waals surface area contributed by atoms with E-state index in [1.54, 1.807) is 0 Å². The van der Waals surface area contributed by atoms with Crippen molar-refractivity contribution in [3.8, 4) is 22.3 Å². The average molecular weight is 670 g/mol. The fraction of sp³-hybridized carbons (Fsp3) is 0.333. The van der Waals surface area contributed by atoms with Crippen LogP contribution in [0.3, 0.4) is 0 Å². The van der Waals surface area contributed by atoms with Crippen molar-refractivity contribution in [3.63, 3.8) is 0 Å². The van der Waals surface area contributed by atoms with Gasteiger partial charge >= 0.3 is 0 Å². The molecule has 2 heteroatoms. The molecule has 0 amide bonds. The van der Waals surface area contributed by atoms with Gasteiger partial charge in [-0.1, -0.05) is 162 Å². The molecule has 0 bridgehead atoms. The van der Waals surface area contributed by atoms with Gasteiger partial charge < -0.3 is 0 Å². The van der Waals surface area contributed by atoms with Crippen LogP contribution in [0.4, 0.5) is 0 Å². The summed E-state index contributed by atoms with van der Waals surface area (Å²) in [4.78, 5) is 0. The Morgan fingerprint density at radius 1 is 0.523 bits per heavy atom. The van der Waals surface area contributed by atoms with Crippen molar-refractivity contribution in [2.24, 2.45) is 0 Å². The molecule has 0 aromatic heterocycles. The summed E-state index contributed by atoms with van der Waals surface area (Å²) in [6, 6.07) is 34.8. The Morgan fingerprint density at radius 2 is 0.886 bits per heavy atom. The van der Waals surface area contributed by atoms with Crippen molar-refractivity contribution >= 4 is 21.7 Å². The summed E-state index contributed by atoms with van der Waals surface area (Å²) in [6.45, 7) is 18.4. The molecule has 0 fully saturated rings. The molecule has 2 unspecified atom stereocenters. The van der Waals surface area contributed by atoms with Gasteiger partial charge in [0.15, 0.2) is 0 Å². The maximum absolute atomic E-state index is 2.46. The van der Waals surface area contributed by atoms with Crippen LogP contribution in [0.5, 0.6) is 0 Å². The van der Waals surface area contributed by atoms with Gasteiger partial charge in [-0.05, 0) is 80.3 Å². The van der Waals surface area contributed by atoms with Crippen molar-refractivity contribution < 1.29 is 26.2 Å². The smallest absolute Gasteiger partial charge is 0.0397 e. The molecule has 0 nitrogen and oxygen atoms in total. The normalized spacial score (nSPS) is 17.5. The van der Waals surface area contributed by atoms with E-state index < -0.39 is 0 Å². The Labute approximate surface area is 288 Å². The maximum Gasteiger partial charge on any atom is 0.0397 e. The van der Waals surface area contributed by atoms with E-state index in [1.165, 1.54) is 78.9 Å². The molecule has 6 rings (SSSR count). The first kappa shape index (κ1) is 32.8. The third-order valence-corrected chi connectivity index (χ3v) is 11.1. The van der Waals surface area contributed by atoms with Gasteiger partial charge in [-0.2, -0.15) is 0 Å². The first-order chi connectivity index (χ1) is 20.4. The zero-order valence-corrected chi connectivity index (χ0v) is 31.3. The van der Waals surface area contributed by atoms with Crippen molar-refractivity contribution in [1.29, 1.82) is 0 Å². The van der Waals surface area contributed by atoms with E-state index in [2.05, 4.69) is 152 Å². The number of fused-ring (bicyclic) bond motifs is 2. The predicted molar refractivity (Wildman–Crippen MR) is 189 cm³/mol. The van der Waals surface area contributed by atoms with Crippen LogP contribution in [-0.4, -0.2) is 9.52 Å². The third-order valence-electron chi connectivity index (χ3n) is 9.69. The van der Waals surface area contributed by atoms with E-state index in [0.717, 1.165) is 9.52 Å². The van der Waals surface area contributed by atoms with E-state index in [-0.39, 0.29) is 37.0 Å². The number of rotatable bonds is 6. The van der Waals surface area contributed by atoms with Crippen molar-refractivity contribution in [2.75, 3.05) is 0 Å². The molecule has 2 atom stereocenters. The molecule has 0 aliphatic heterocycles. The summed E-state index contributed by atoms with van der Waals surface area (Å²) in [7, 11) is 0.925. The molecule has 2 aliphatic rings. The van der Waals surface area contributed by atoms with E-state index >= 15 is 0 Å². The zero-order valence-electron chi connectivity index (χ0n) is 27.8. The minimum Gasteiger partial charge on any atom is -0.0655 e. The van der Waals surface area contributed by atoms with Gasteiger partial charge in [0.05, 0.1) is 0 Å². The standard InChI is InChI=1S/C42H46Si.Zr/c1-27-23-37-33(29-15-19-31(20-16-29)41(3,4)5)11-9-13-35(37)39(27)25-43-26-40-28(2)24-38-34(12-10-14-36(38)40)30-17-21-32(22-18-30)42(6,7)8;/h9-24,39-40H,25-26H2,1-8H3;. The summed E-state index contributed by atoms with van der Waals surface area (Å²) in [5.41, 5.74) is 17.4. The monoisotopic (exact) mass is 668 g/mol. The summed E-state index contributed by atoms with van der Waals surface area (Å²) in [6.07, 6.45) is 4.93. The van der Waals surface area contributed by atoms with E-state index in [1.807, 2.05) is 0 Å². The van der Waals surface area contributed by atoms with Crippen LogP contribution < -0.4 is 0 Å². The minimum atomic E-state index is 0. The number of benzene rings is 4. The van der Waals surface area contributed by atoms with Gasteiger partial charge in [-0.25, -0.2) is 0 Å². The molecule has 2 radical (unpaired) electrons. The van der Waals surface area contributed by atoms with Gasteiger partial charge in [0, 0.05) is 47.6 Å². The van der Waals surface area contributed by atoms with Gasteiger partial charge in [-0.3, -0.25) is 0 Å². The number of hydrogen-bond acceptors (Lipinski definition) is 0. The van der Waals surface area contributed by atoms with Crippen molar-refractivity contribution in [1.82, 2.24) is 0 Å². The Kier molecular flexibility index (Phi) is 9.47. The van der Waals surface area contributed by atoms with Gasteiger partial charge in [0.2, 0.25) is 0 Å². The van der Waals surface area contributed by atoms with Crippen LogP contribution in [0, 0.1) is 0 Å². The second-order valence-corrected chi connectivity index (χ2v) is 16.1. The predicted octanol–water partition coefficient (Wildman–Crippen LogP) is 11.9. The van der Waals surface area contributed by atoms with E-state index in [4.69, 9.17) is 0 Å². The number of allylic oxidation sites excluding steroid dienone is 2. The van der Waals surface area contributed by atoms with Crippen molar-refractivity contribution in [2.45, 2.75) is 90.1 Å². The molecule has 0 saturated heterocycles. The molecule has 0 N–H and O–H groups in total. The average Bonchev–Trinajstić information content (AvgIpc) is 3.47. The molecular weight excluding hydrogens is 624 g/mol. The SMILES string of the molecule is CC1=Cc2c(-c3ccc(C(C)(C)C)cc3)cccc2C1C[Si]CC1C(C)=Cc2c(-c3ccc(C(C)(C)C)cc3)cccc21.[Zr]. The number of hydrogen-bond donors (Lipinski definition) is 0. The molecule has 222 valence electrons. The first-order valence-corrected chi connectivity index (χ1v) is 17.4. The second kappa shape index (κ2) is 12.7. The van der Waals surface area contributed by atoms with Gasteiger partial charge in [0.1, 0.15) is 0 Å². The van der Waals surface area contributed by atoms with Crippen LogP contribution in [0.15, 0.2) is 96.1 Å². The summed E-state index contributed by atoms with van der Waals surface area (Å²) < 4.78 is 0. The van der Waals surface area contributed by atoms with Crippen LogP contribution in [0.2, 0.25) is 12.1 Å². The van der Waals surface area contributed by atoms with Crippen LogP contribution in [-0.2, 0) is 37.0 Å². The molecular formula is C42H46SiZr. The van der Waals surface area contributed by atoms with Crippen molar-refractivity contribution in [3.05, 3.63) is 129 Å². The van der Waals surface area contributed by atoms with E-state index in [9.17, 15) is 0 Å². The maximum atomic E-state index is 2.46. The Morgan fingerprint density at radius 3 is 1.23 bits per heavy atom. The Balaban J connectivity index is 0.00000384. The quantitative estimate of drug-likeness (QED) is 0.179. The zero-order chi connectivity index (χ0) is 30.5. The second-order valence-electron chi connectivity index (χ2n) is 14.8. The largest absolute Gasteiger partial charge is 0.0655 e. The van der Waals surface area contributed by atoms with Crippen LogP contribution in [0.1, 0.15) is 101 Å². The van der Waals surface area contributed by atoms with Crippen LogP contribution in [0.25, 0.3) is 34.4 Å².